The van der Waals surface area contributed by atoms with Gasteiger partial charge in [0, 0.05) is 26.7 Å². The number of rotatable bonds is 6. The molecule has 1 saturated heterocycles. The lowest BCUT2D eigenvalue weighted by Gasteiger charge is -2.31. The molecule has 1 aromatic rings. The summed E-state index contributed by atoms with van der Waals surface area (Å²) in [5.74, 6) is 1.20. The maximum Gasteiger partial charge on any atom is 0.198 e. The van der Waals surface area contributed by atoms with E-state index in [0.717, 1.165) is 32.5 Å². The standard InChI is InChI=1S/C14H26N4O2S/c1-11(2)9-20-12-4-6-17(7-5-12)10-18-14(21)16(3)13(8-19)15-18/h11-12,19H,4-10H2,1-3H3. The number of aliphatic hydroxyl groups excluding tert-OH is 1. The highest BCUT2D eigenvalue weighted by Crippen LogP contribution is 2.15. The smallest absolute Gasteiger partial charge is 0.198 e. The van der Waals surface area contributed by atoms with E-state index >= 15 is 0 Å². The van der Waals surface area contributed by atoms with Crippen LogP contribution in [0.3, 0.4) is 0 Å². The molecule has 0 amide bonds. The van der Waals surface area contributed by atoms with Gasteiger partial charge in [0.15, 0.2) is 10.6 Å². The molecule has 0 radical (unpaired) electrons. The van der Waals surface area contributed by atoms with E-state index < -0.39 is 0 Å². The molecule has 0 unspecified atom stereocenters. The summed E-state index contributed by atoms with van der Waals surface area (Å²) in [6.07, 6.45) is 2.49. The van der Waals surface area contributed by atoms with Crippen LogP contribution in [0, 0.1) is 10.7 Å². The van der Waals surface area contributed by atoms with E-state index in [0.29, 0.717) is 29.3 Å². The van der Waals surface area contributed by atoms with Crippen LogP contribution in [0.2, 0.25) is 0 Å². The largest absolute Gasteiger partial charge is 0.388 e. The van der Waals surface area contributed by atoms with E-state index in [1.165, 1.54) is 0 Å². The van der Waals surface area contributed by atoms with E-state index in [4.69, 9.17) is 17.0 Å². The maximum atomic E-state index is 9.23. The Morgan fingerprint density at radius 3 is 2.57 bits per heavy atom. The fourth-order valence-corrected chi connectivity index (χ4v) is 2.70. The minimum atomic E-state index is -0.0851. The first-order chi connectivity index (χ1) is 10.0. The molecule has 1 N–H and O–H groups in total. The summed E-state index contributed by atoms with van der Waals surface area (Å²) in [6, 6.07) is 0. The van der Waals surface area contributed by atoms with Crippen LogP contribution < -0.4 is 0 Å². The Morgan fingerprint density at radius 1 is 1.38 bits per heavy atom. The van der Waals surface area contributed by atoms with Crippen LogP contribution in [0.25, 0.3) is 0 Å². The van der Waals surface area contributed by atoms with Crippen LogP contribution in [0.5, 0.6) is 0 Å². The maximum absolute atomic E-state index is 9.23. The number of hydrogen-bond donors (Lipinski definition) is 1. The molecular weight excluding hydrogens is 288 g/mol. The summed E-state index contributed by atoms with van der Waals surface area (Å²) in [5, 5.41) is 13.6. The van der Waals surface area contributed by atoms with Gasteiger partial charge in [0.05, 0.1) is 12.8 Å². The van der Waals surface area contributed by atoms with Gasteiger partial charge >= 0.3 is 0 Å². The Hall–Kier alpha value is -0.760. The molecule has 2 heterocycles. The molecule has 1 aliphatic heterocycles. The number of hydrogen-bond acceptors (Lipinski definition) is 5. The number of aliphatic hydroxyl groups is 1. The molecule has 21 heavy (non-hydrogen) atoms. The van der Waals surface area contributed by atoms with Crippen LogP contribution in [0.1, 0.15) is 32.5 Å². The lowest BCUT2D eigenvalue weighted by molar-refractivity contribution is -0.0108. The van der Waals surface area contributed by atoms with Gasteiger partial charge in [-0.3, -0.25) is 4.90 Å². The van der Waals surface area contributed by atoms with Gasteiger partial charge in [-0.1, -0.05) is 13.8 Å². The first-order valence-electron chi connectivity index (χ1n) is 7.58. The lowest BCUT2D eigenvalue weighted by atomic mass is 10.1. The number of nitrogens with zero attached hydrogens (tertiary/aromatic N) is 4. The molecule has 120 valence electrons. The summed E-state index contributed by atoms with van der Waals surface area (Å²) in [4.78, 5) is 2.33. The van der Waals surface area contributed by atoms with E-state index in [-0.39, 0.29) is 6.61 Å². The van der Waals surface area contributed by atoms with Gasteiger partial charge in [0.25, 0.3) is 0 Å². The highest BCUT2D eigenvalue weighted by atomic mass is 32.1. The third-order valence-electron chi connectivity index (χ3n) is 3.81. The van der Waals surface area contributed by atoms with Crippen molar-refractivity contribution in [2.75, 3.05) is 19.7 Å². The van der Waals surface area contributed by atoms with Crippen LogP contribution >= 0.6 is 12.2 Å². The molecule has 1 aliphatic rings. The monoisotopic (exact) mass is 314 g/mol. The number of piperidine rings is 1. The van der Waals surface area contributed by atoms with Gasteiger partial charge in [-0.05, 0) is 31.0 Å². The SMILES string of the molecule is CC(C)COC1CCN(Cn2nc(CO)n(C)c2=S)CC1. The molecule has 0 saturated carbocycles. The predicted molar refractivity (Wildman–Crippen MR) is 83.3 cm³/mol. The Labute approximate surface area is 131 Å². The average molecular weight is 314 g/mol. The second-order valence-corrected chi connectivity index (χ2v) is 6.47. The van der Waals surface area contributed by atoms with Crippen molar-refractivity contribution < 1.29 is 9.84 Å². The van der Waals surface area contributed by atoms with E-state index in [9.17, 15) is 5.11 Å². The zero-order valence-corrected chi connectivity index (χ0v) is 14.0. The van der Waals surface area contributed by atoms with Crippen molar-refractivity contribution in [3.05, 3.63) is 10.6 Å². The average Bonchev–Trinajstić information content (AvgIpc) is 2.74. The normalized spacial score (nSPS) is 17.8. The third-order valence-corrected chi connectivity index (χ3v) is 4.29. The molecule has 0 aliphatic carbocycles. The molecule has 0 spiro atoms. The van der Waals surface area contributed by atoms with Crippen LogP contribution in [0.15, 0.2) is 0 Å². The van der Waals surface area contributed by atoms with Crippen LogP contribution in [-0.2, 0) is 25.1 Å². The predicted octanol–water partition coefficient (Wildman–Crippen LogP) is 1.54. The second kappa shape index (κ2) is 7.49. The molecular formula is C14H26N4O2S. The fourth-order valence-electron chi connectivity index (χ4n) is 2.50. The summed E-state index contributed by atoms with van der Waals surface area (Å²) in [6.45, 7) is 7.79. The van der Waals surface area contributed by atoms with Crippen LogP contribution in [-0.4, -0.2) is 50.2 Å². The van der Waals surface area contributed by atoms with Gasteiger partial charge in [-0.2, -0.15) is 5.10 Å². The van der Waals surface area contributed by atoms with Crippen molar-refractivity contribution in [1.29, 1.82) is 0 Å². The number of aromatic nitrogens is 3. The van der Waals surface area contributed by atoms with Crippen molar-refractivity contribution in [2.45, 2.75) is 46.1 Å². The summed E-state index contributed by atoms with van der Waals surface area (Å²) >= 11 is 5.34. The molecule has 1 aromatic heterocycles. The topological polar surface area (TPSA) is 55.4 Å². The molecule has 0 atom stereocenters. The molecule has 1 fully saturated rings. The Morgan fingerprint density at radius 2 is 2.05 bits per heavy atom. The Kier molecular flexibility index (Phi) is 5.92. The summed E-state index contributed by atoms with van der Waals surface area (Å²) < 4.78 is 10.1. The molecule has 0 bridgehead atoms. The Balaban J connectivity index is 1.85. The quantitative estimate of drug-likeness (QED) is 0.807. The van der Waals surface area contributed by atoms with Gasteiger partial charge in [-0.15, -0.1) is 0 Å². The van der Waals surface area contributed by atoms with E-state index in [1.54, 1.807) is 9.25 Å². The summed E-state index contributed by atoms with van der Waals surface area (Å²) in [5.41, 5.74) is 0. The van der Waals surface area contributed by atoms with Gasteiger partial charge in [0.2, 0.25) is 0 Å². The Bertz CT molecular complexity index is 504. The van der Waals surface area contributed by atoms with Crippen molar-refractivity contribution in [3.63, 3.8) is 0 Å². The van der Waals surface area contributed by atoms with E-state index in [1.807, 2.05) is 7.05 Å². The first kappa shape index (κ1) is 16.6. The molecule has 0 aromatic carbocycles. The van der Waals surface area contributed by atoms with Gasteiger partial charge in [-0.25, -0.2) is 4.68 Å². The minimum absolute atomic E-state index is 0.0851. The lowest BCUT2D eigenvalue weighted by Crippen LogP contribution is -2.38. The first-order valence-corrected chi connectivity index (χ1v) is 7.99. The van der Waals surface area contributed by atoms with Crippen LogP contribution in [0.4, 0.5) is 0 Å². The molecule has 7 heteroatoms. The number of likely N-dealkylation sites (tertiary alicyclic amines) is 1. The highest BCUT2D eigenvalue weighted by molar-refractivity contribution is 7.71. The summed E-state index contributed by atoms with van der Waals surface area (Å²) in [7, 11) is 1.84. The molecule has 2 rings (SSSR count). The zero-order chi connectivity index (χ0) is 15.4. The highest BCUT2D eigenvalue weighted by Gasteiger charge is 2.21. The van der Waals surface area contributed by atoms with Gasteiger partial charge in [0.1, 0.15) is 6.61 Å². The van der Waals surface area contributed by atoms with Crippen molar-refractivity contribution in [2.24, 2.45) is 13.0 Å². The minimum Gasteiger partial charge on any atom is -0.388 e. The van der Waals surface area contributed by atoms with Crippen molar-refractivity contribution in [1.82, 2.24) is 19.2 Å². The van der Waals surface area contributed by atoms with Crippen molar-refractivity contribution in [3.8, 4) is 0 Å². The van der Waals surface area contributed by atoms with E-state index in [2.05, 4.69) is 23.8 Å². The van der Waals surface area contributed by atoms with Gasteiger partial charge < -0.3 is 14.4 Å². The third kappa shape index (κ3) is 4.35. The number of ether oxygens (including phenoxy) is 1. The second-order valence-electron chi connectivity index (χ2n) is 6.10. The zero-order valence-electron chi connectivity index (χ0n) is 13.2. The fraction of sp³-hybridized carbons (Fsp3) is 0.857. The van der Waals surface area contributed by atoms with Crippen molar-refractivity contribution >= 4 is 12.2 Å². The molecule has 6 nitrogen and oxygen atoms in total.